The molecule has 0 saturated carbocycles. The highest BCUT2D eigenvalue weighted by Crippen LogP contribution is 2.21. The van der Waals surface area contributed by atoms with E-state index in [2.05, 4.69) is 4.98 Å². The van der Waals surface area contributed by atoms with Crippen LogP contribution in [0.25, 0.3) is 5.69 Å². The van der Waals surface area contributed by atoms with Crippen LogP contribution in [0.4, 0.5) is 0 Å². The normalized spacial score (nSPS) is 16.3. The number of ether oxygens (including phenoxy) is 2. The summed E-state index contributed by atoms with van der Waals surface area (Å²) in [6.07, 6.45) is 4.31. The van der Waals surface area contributed by atoms with E-state index in [0.29, 0.717) is 36.5 Å². The Hall–Kier alpha value is -3.16. The van der Waals surface area contributed by atoms with Crippen LogP contribution in [0.1, 0.15) is 28.8 Å². The Kier molecular flexibility index (Phi) is 5.25. The van der Waals surface area contributed by atoms with E-state index in [4.69, 9.17) is 9.47 Å². The number of aryl methyl sites for hydroxylation is 1. The van der Waals surface area contributed by atoms with E-state index >= 15 is 0 Å². The Balaban J connectivity index is 2.01. The molecule has 27 heavy (non-hydrogen) atoms. The zero-order valence-corrected chi connectivity index (χ0v) is 15.5. The molecule has 0 unspecified atom stereocenters. The van der Waals surface area contributed by atoms with E-state index in [-0.39, 0.29) is 5.56 Å². The smallest absolute Gasteiger partial charge is 0.328 e. The molecule has 1 aliphatic heterocycles. The lowest BCUT2D eigenvalue weighted by atomic mass is 10.1. The summed E-state index contributed by atoms with van der Waals surface area (Å²) >= 11 is 0. The first-order valence-electron chi connectivity index (χ1n) is 8.59. The second-order valence-electron chi connectivity index (χ2n) is 6.29. The molecule has 0 aliphatic carbocycles. The number of nitrogens with zero attached hydrogens (tertiary/aromatic N) is 3. The van der Waals surface area contributed by atoms with Gasteiger partial charge in [0.05, 0.1) is 26.1 Å². The molecule has 0 spiro atoms. The van der Waals surface area contributed by atoms with Gasteiger partial charge in [-0.15, -0.1) is 0 Å². The van der Waals surface area contributed by atoms with E-state index in [1.807, 2.05) is 0 Å². The maximum absolute atomic E-state index is 13.1. The maximum Gasteiger partial charge on any atom is 0.328 e. The average Bonchev–Trinajstić information content (AvgIpc) is 3.17. The van der Waals surface area contributed by atoms with Gasteiger partial charge in [-0.25, -0.2) is 9.78 Å². The Morgan fingerprint density at radius 3 is 2.63 bits per heavy atom. The molecule has 3 heterocycles. The predicted octanol–water partition coefficient (Wildman–Crippen LogP) is 1.33. The van der Waals surface area contributed by atoms with E-state index in [1.165, 1.54) is 29.9 Å². The Bertz CT molecular complexity index is 920. The zero-order chi connectivity index (χ0) is 19.6. The molecule has 0 N–H and O–H groups in total. The fourth-order valence-corrected chi connectivity index (χ4v) is 3.26. The molecule has 0 aromatic carbocycles. The molecule has 1 saturated heterocycles. The number of carbonyl (C=O) groups excluding carboxylic acids is 2. The zero-order valence-electron chi connectivity index (χ0n) is 15.5. The van der Waals surface area contributed by atoms with Gasteiger partial charge in [0, 0.05) is 18.8 Å². The lowest BCUT2D eigenvalue weighted by Gasteiger charge is -2.23. The van der Waals surface area contributed by atoms with Crippen LogP contribution in [0, 0.1) is 6.92 Å². The van der Waals surface area contributed by atoms with Crippen molar-refractivity contribution in [2.24, 2.45) is 0 Å². The first-order chi connectivity index (χ1) is 13.0. The topological polar surface area (TPSA) is 90.7 Å². The number of pyridine rings is 2. The third kappa shape index (κ3) is 3.42. The molecule has 0 bridgehead atoms. The van der Waals surface area contributed by atoms with Crippen molar-refractivity contribution < 1.29 is 19.1 Å². The van der Waals surface area contributed by atoms with Gasteiger partial charge in [-0.05, 0) is 37.5 Å². The second-order valence-corrected chi connectivity index (χ2v) is 6.29. The van der Waals surface area contributed by atoms with Crippen molar-refractivity contribution in [1.29, 1.82) is 0 Å². The van der Waals surface area contributed by atoms with Crippen LogP contribution < -0.4 is 10.3 Å². The SMILES string of the molecule is COC(=O)[C@@H]1CCCN1C(=O)c1c(C)ccn(-c2ccc(OC)nc2)c1=O. The van der Waals surface area contributed by atoms with Crippen molar-refractivity contribution in [2.75, 3.05) is 20.8 Å². The van der Waals surface area contributed by atoms with Gasteiger partial charge in [-0.3, -0.25) is 14.2 Å². The summed E-state index contributed by atoms with van der Waals surface area (Å²) in [7, 11) is 2.80. The van der Waals surface area contributed by atoms with Crippen molar-refractivity contribution in [1.82, 2.24) is 14.5 Å². The van der Waals surface area contributed by atoms with Crippen molar-refractivity contribution in [3.63, 3.8) is 0 Å². The molecule has 1 atom stereocenters. The average molecular weight is 371 g/mol. The molecule has 1 amide bonds. The third-order valence-corrected chi connectivity index (χ3v) is 4.71. The van der Waals surface area contributed by atoms with Crippen molar-refractivity contribution in [3.05, 3.63) is 52.1 Å². The van der Waals surface area contributed by atoms with Crippen LogP contribution >= 0.6 is 0 Å². The number of hydrogen-bond acceptors (Lipinski definition) is 6. The van der Waals surface area contributed by atoms with E-state index in [9.17, 15) is 14.4 Å². The summed E-state index contributed by atoms with van der Waals surface area (Å²) in [6, 6.07) is 4.36. The standard InChI is InChI=1S/C19H21N3O5/c1-12-8-10-21(13-6-7-15(26-2)20-11-13)17(23)16(12)18(24)22-9-4-5-14(22)19(25)27-3/h6-8,10-11,14H,4-5,9H2,1-3H3/t14-/m0/s1. The molecule has 1 fully saturated rings. The number of amides is 1. The lowest BCUT2D eigenvalue weighted by Crippen LogP contribution is -2.43. The van der Waals surface area contributed by atoms with Crippen molar-refractivity contribution in [3.8, 4) is 11.6 Å². The lowest BCUT2D eigenvalue weighted by molar-refractivity contribution is -0.145. The minimum atomic E-state index is -0.655. The van der Waals surface area contributed by atoms with Crippen molar-refractivity contribution in [2.45, 2.75) is 25.8 Å². The fourth-order valence-electron chi connectivity index (χ4n) is 3.26. The third-order valence-electron chi connectivity index (χ3n) is 4.71. The first-order valence-corrected chi connectivity index (χ1v) is 8.59. The number of hydrogen-bond donors (Lipinski definition) is 0. The Labute approximate surface area is 156 Å². The van der Waals surface area contributed by atoms with Crippen LogP contribution in [0.15, 0.2) is 35.4 Å². The quantitative estimate of drug-likeness (QED) is 0.753. The van der Waals surface area contributed by atoms with Crippen LogP contribution in [-0.2, 0) is 9.53 Å². The highest BCUT2D eigenvalue weighted by molar-refractivity contribution is 5.98. The summed E-state index contributed by atoms with van der Waals surface area (Å²) in [5.41, 5.74) is 0.658. The molecule has 2 aromatic rings. The molecular weight excluding hydrogens is 350 g/mol. The minimum Gasteiger partial charge on any atom is -0.481 e. The molecule has 3 rings (SSSR count). The van der Waals surface area contributed by atoms with Gasteiger partial charge >= 0.3 is 5.97 Å². The van der Waals surface area contributed by atoms with Gasteiger partial charge in [-0.1, -0.05) is 0 Å². The van der Waals surface area contributed by atoms with E-state index < -0.39 is 23.5 Å². The number of rotatable bonds is 4. The highest BCUT2D eigenvalue weighted by atomic mass is 16.5. The summed E-state index contributed by atoms with van der Waals surface area (Å²) in [6.45, 7) is 2.12. The van der Waals surface area contributed by atoms with E-state index in [1.54, 1.807) is 31.3 Å². The monoisotopic (exact) mass is 371 g/mol. The van der Waals surface area contributed by atoms with Gasteiger partial charge in [0.1, 0.15) is 11.6 Å². The Morgan fingerprint density at radius 1 is 1.22 bits per heavy atom. The van der Waals surface area contributed by atoms with E-state index in [0.717, 1.165) is 0 Å². The fraction of sp³-hybridized carbons (Fsp3) is 0.368. The van der Waals surface area contributed by atoms with Crippen molar-refractivity contribution >= 4 is 11.9 Å². The van der Waals surface area contributed by atoms with Gasteiger partial charge in [0.2, 0.25) is 5.88 Å². The van der Waals surface area contributed by atoms with Gasteiger partial charge < -0.3 is 14.4 Å². The predicted molar refractivity (Wildman–Crippen MR) is 97.2 cm³/mol. The number of esters is 1. The molecule has 142 valence electrons. The Morgan fingerprint density at radius 2 is 2.00 bits per heavy atom. The molecule has 8 heteroatoms. The number of aromatic nitrogens is 2. The second kappa shape index (κ2) is 7.61. The first kappa shape index (κ1) is 18.6. The van der Waals surface area contributed by atoms with Gasteiger partial charge in [-0.2, -0.15) is 0 Å². The maximum atomic E-state index is 13.1. The molecular formula is C19H21N3O5. The summed E-state index contributed by atoms with van der Waals surface area (Å²) in [4.78, 5) is 43.6. The van der Waals surface area contributed by atoms with Crippen LogP contribution in [0.2, 0.25) is 0 Å². The van der Waals surface area contributed by atoms with Gasteiger partial charge in [0.15, 0.2) is 0 Å². The largest absolute Gasteiger partial charge is 0.481 e. The summed E-state index contributed by atoms with van der Waals surface area (Å²) in [5, 5.41) is 0. The molecule has 1 aliphatic rings. The summed E-state index contributed by atoms with van der Waals surface area (Å²) < 4.78 is 11.2. The molecule has 0 radical (unpaired) electrons. The summed E-state index contributed by atoms with van der Waals surface area (Å²) in [5.74, 6) is -0.497. The number of methoxy groups -OCH3 is 2. The van der Waals surface area contributed by atoms with Crippen LogP contribution in [0.3, 0.4) is 0 Å². The minimum absolute atomic E-state index is 0.0455. The number of likely N-dealkylation sites (tertiary alicyclic amines) is 1. The molecule has 2 aromatic heterocycles. The number of carbonyl (C=O) groups is 2. The van der Waals surface area contributed by atoms with Gasteiger partial charge in [0.25, 0.3) is 11.5 Å². The molecule has 8 nitrogen and oxygen atoms in total. The highest BCUT2D eigenvalue weighted by Gasteiger charge is 2.36. The van der Waals surface area contributed by atoms with Crippen LogP contribution in [-0.4, -0.2) is 53.1 Å². The van der Waals surface area contributed by atoms with Crippen LogP contribution in [0.5, 0.6) is 5.88 Å².